The Hall–Kier alpha value is -4.48. The molecule has 12 heteroatoms. The topological polar surface area (TPSA) is 146 Å². The minimum atomic E-state index is -0.607. The number of nitrogens with zero attached hydrogens (tertiary/aromatic N) is 2. The fourth-order valence-corrected chi connectivity index (χ4v) is 3.87. The first kappa shape index (κ1) is 24.6. The third-order valence-corrected chi connectivity index (χ3v) is 5.46. The SMILES string of the molecule is CCOC(=O)C1=NOC(Cc2c(C=NNC(=O)c3ccccc3O)c(OC)c3c(c2OC)OCO3)C1. The molecule has 2 aromatic rings. The molecule has 2 aliphatic rings. The van der Waals surface area contributed by atoms with Crippen molar-refractivity contribution in [2.24, 2.45) is 10.3 Å². The smallest absolute Gasteiger partial charge is 0.356 e. The number of hydrogen-bond donors (Lipinski definition) is 2. The molecule has 0 bridgehead atoms. The Morgan fingerprint density at radius 3 is 2.61 bits per heavy atom. The number of oxime groups is 1. The van der Waals surface area contributed by atoms with Crippen LogP contribution in [0.5, 0.6) is 28.7 Å². The number of methoxy groups -OCH3 is 2. The Morgan fingerprint density at radius 2 is 1.92 bits per heavy atom. The first-order valence-electron chi connectivity index (χ1n) is 11.1. The normalized spacial score (nSPS) is 15.9. The van der Waals surface area contributed by atoms with E-state index in [1.807, 2.05) is 0 Å². The Balaban J connectivity index is 1.65. The lowest BCUT2D eigenvalue weighted by Crippen LogP contribution is -2.20. The molecule has 2 aliphatic heterocycles. The van der Waals surface area contributed by atoms with Gasteiger partial charge >= 0.3 is 5.97 Å². The molecular formula is C24H25N3O9. The zero-order valence-electron chi connectivity index (χ0n) is 19.9. The number of ether oxygens (including phenoxy) is 5. The van der Waals surface area contributed by atoms with Crippen molar-refractivity contribution in [3.05, 3.63) is 41.0 Å². The lowest BCUT2D eigenvalue weighted by Gasteiger charge is -2.19. The van der Waals surface area contributed by atoms with Gasteiger partial charge in [-0.2, -0.15) is 5.10 Å². The number of benzene rings is 2. The summed E-state index contributed by atoms with van der Waals surface area (Å²) in [5, 5.41) is 17.8. The van der Waals surface area contributed by atoms with E-state index in [-0.39, 0.29) is 43.3 Å². The van der Waals surface area contributed by atoms with Crippen molar-refractivity contribution in [2.75, 3.05) is 27.6 Å². The van der Waals surface area contributed by atoms with Crippen LogP contribution in [0.15, 0.2) is 34.5 Å². The van der Waals surface area contributed by atoms with Gasteiger partial charge in [0.05, 0.1) is 32.6 Å². The minimum absolute atomic E-state index is 0.0395. The summed E-state index contributed by atoms with van der Waals surface area (Å²) in [7, 11) is 2.93. The summed E-state index contributed by atoms with van der Waals surface area (Å²) in [6.07, 6.45) is 1.32. The van der Waals surface area contributed by atoms with Crippen molar-refractivity contribution >= 4 is 23.8 Å². The van der Waals surface area contributed by atoms with Crippen molar-refractivity contribution in [3.63, 3.8) is 0 Å². The van der Waals surface area contributed by atoms with E-state index < -0.39 is 18.0 Å². The zero-order chi connectivity index (χ0) is 25.7. The fraction of sp³-hybridized carbons (Fsp3) is 0.333. The standard InChI is InChI=1S/C24H25N3O9/c1-4-33-24(30)17-10-13(36-27-17)9-15-16(11-25-26-23(29)14-7-5-6-8-18(14)28)20(32-3)22-21(19(15)31-2)34-12-35-22/h5-8,11,13,28H,4,9-10,12H2,1-3H3,(H,26,29). The van der Waals surface area contributed by atoms with Crippen LogP contribution in [0.2, 0.25) is 0 Å². The summed E-state index contributed by atoms with van der Waals surface area (Å²) in [5.41, 5.74) is 3.64. The van der Waals surface area contributed by atoms with E-state index >= 15 is 0 Å². The Labute approximate surface area is 206 Å². The molecule has 0 radical (unpaired) electrons. The molecule has 4 rings (SSSR count). The van der Waals surface area contributed by atoms with Crippen LogP contribution in [0.4, 0.5) is 0 Å². The number of rotatable bonds is 9. The largest absolute Gasteiger partial charge is 0.507 e. The third kappa shape index (κ3) is 4.83. The highest BCUT2D eigenvalue weighted by atomic mass is 16.7. The predicted octanol–water partition coefficient (Wildman–Crippen LogP) is 2.15. The molecule has 12 nitrogen and oxygen atoms in total. The van der Waals surface area contributed by atoms with Crippen LogP contribution in [0.25, 0.3) is 0 Å². The van der Waals surface area contributed by atoms with E-state index in [4.69, 9.17) is 28.5 Å². The van der Waals surface area contributed by atoms with Crippen LogP contribution in [0.3, 0.4) is 0 Å². The van der Waals surface area contributed by atoms with E-state index in [1.165, 1.54) is 32.6 Å². The number of carbonyl (C=O) groups is 2. The van der Waals surface area contributed by atoms with Crippen LogP contribution in [0.1, 0.15) is 34.8 Å². The van der Waals surface area contributed by atoms with Gasteiger partial charge in [-0.3, -0.25) is 4.79 Å². The molecule has 2 N–H and O–H groups in total. The fourth-order valence-electron chi connectivity index (χ4n) is 3.87. The summed E-state index contributed by atoms with van der Waals surface area (Å²) >= 11 is 0. The maximum Gasteiger partial charge on any atom is 0.356 e. The molecule has 0 saturated heterocycles. The highest BCUT2D eigenvalue weighted by Crippen LogP contribution is 2.52. The first-order chi connectivity index (χ1) is 17.5. The van der Waals surface area contributed by atoms with Crippen molar-refractivity contribution in [1.82, 2.24) is 5.43 Å². The highest BCUT2D eigenvalue weighted by molar-refractivity contribution is 6.36. The molecule has 0 aromatic heterocycles. The second-order valence-corrected chi connectivity index (χ2v) is 7.63. The number of carbonyl (C=O) groups excluding carboxylic acids is 2. The lowest BCUT2D eigenvalue weighted by molar-refractivity contribution is -0.135. The van der Waals surface area contributed by atoms with Gasteiger partial charge in [0.15, 0.2) is 17.2 Å². The monoisotopic (exact) mass is 499 g/mol. The number of hydrogen-bond acceptors (Lipinski definition) is 11. The molecular weight excluding hydrogens is 474 g/mol. The number of phenols is 1. The van der Waals surface area contributed by atoms with E-state index in [9.17, 15) is 14.7 Å². The minimum Gasteiger partial charge on any atom is -0.507 e. The molecule has 1 atom stereocenters. The molecule has 1 unspecified atom stereocenters. The summed E-state index contributed by atoms with van der Waals surface area (Å²) in [5.74, 6) is 0.0251. The average molecular weight is 499 g/mol. The quantitative estimate of drug-likeness (QED) is 0.301. The van der Waals surface area contributed by atoms with Crippen LogP contribution in [0, 0.1) is 0 Å². The van der Waals surface area contributed by atoms with Gasteiger partial charge < -0.3 is 33.6 Å². The van der Waals surface area contributed by atoms with Crippen LogP contribution in [-0.4, -0.2) is 62.6 Å². The van der Waals surface area contributed by atoms with Gasteiger partial charge in [-0.15, -0.1) is 0 Å². The summed E-state index contributed by atoms with van der Waals surface area (Å²) in [6, 6.07) is 6.09. The van der Waals surface area contributed by atoms with Gasteiger partial charge in [0.1, 0.15) is 11.9 Å². The molecule has 1 amide bonds. The molecule has 0 spiro atoms. The number of fused-ring (bicyclic) bond motifs is 1. The van der Waals surface area contributed by atoms with Gasteiger partial charge in [-0.1, -0.05) is 17.3 Å². The third-order valence-electron chi connectivity index (χ3n) is 5.46. The lowest BCUT2D eigenvalue weighted by atomic mass is 9.96. The van der Waals surface area contributed by atoms with Crippen LogP contribution in [-0.2, 0) is 20.8 Å². The van der Waals surface area contributed by atoms with Gasteiger partial charge in [-0.05, 0) is 19.1 Å². The maximum absolute atomic E-state index is 12.5. The number of para-hydroxylation sites is 1. The molecule has 0 fully saturated rings. The second kappa shape index (κ2) is 10.8. The summed E-state index contributed by atoms with van der Waals surface area (Å²) in [6.45, 7) is 1.89. The molecule has 36 heavy (non-hydrogen) atoms. The average Bonchev–Trinajstić information content (AvgIpc) is 3.54. The summed E-state index contributed by atoms with van der Waals surface area (Å²) < 4.78 is 27.4. The maximum atomic E-state index is 12.5. The number of aromatic hydroxyl groups is 1. The highest BCUT2D eigenvalue weighted by Gasteiger charge is 2.34. The first-order valence-corrected chi connectivity index (χ1v) is 11.1. The molecule has 0 aliphatic carbocycles. The molecule has 2 heterocycles. The van der Waals surface area contributed by atoms with Gasteiger partial charge in [-0.25, -0.2) is 10.2 Å². The summed E-state index contributed by atoms with van der Waals surface area (Å²) in [4.78, 5) is 30.0. The Morgan fingerprint density at radius 1 is 1.19 bits per heavy atom. The van der Waals surface area contributed by atoms with Crippen molar-refractivity contribution in [1.29, 1.82) is 0 Å². The van der Waals surface area contributed by atoms with Crippen LogP contribution < -0.4 is 24.4 Å². The Bertz CT molecular complexity index is 1230. The van der Waals surface area contributed by atoms with Gasteiger partial charge in [0, 0.05) is 24.0 Å². The zero-order valence-corrected chi connectivity index (χ0v) is 19.9. The van der Waals surface area contributed by atoms with E-state index in [1.54, 1.807) is 19.1 Å². The number of nitrogens with one attached hydrogen (secondary N) is 1. The molecule has 2 aromatic carbocycles. The predicted molar refractivity (Wildman–Crippen MR) is 126 cm³/mol. The number of esters is 1. The van der Waals surface area contributed by atoms with Crippen LogP contribution >= 0.6 is 0 Å². The second-order valence-electron chi connectivity index (χ2n) is 7.63. The number of phenolic OH excluding ortho intramolecular Hbond substituents is 1. The number of hydrazone groups is 1. The molecule has 0 saturated carbocycles. The van der Waals surface area contributed by atoms with E-state index in [2.05, 4.69) is 15.7 Å². The van der Waals surface area contributed by atoms with Crippen molar-refractivity contribution in [3.8, 4) is 28.7 Å². The number of amides is 1. The van der Waals surface area contributed by atoms with Gasteiger partial charge in [0.25, 0.3) is 5.91 Å². The van der Waals surface area contributed by atoms with Crippen molar-refractivity contribution < 1.29 is 43.2 Å². The Kier molecular flexibility index (Phi) is 7.42. The van der Waals surface area contributed by atoms with Gasteiger partial charge in [0.2, 0.25) is 18.3 Å². The van der Waals surface area contributed by atoms with E-state index in [0.717, 1.165) is 0 Å². The molecule has 190 valence electrons. The van der Waals surface area contributed by atoms with E-state index in [0.29, 0.717) is 34.1 Å². The van der Waals surface area contributed by atoms with Crippen molar-refractivity contribution in [2.45, 2.75) is 25.9 Å².